The molecule has 0 saturated carbocycles. The number of benzene rings is 1. The molecule has 1 aromatic carbocycles. The number of carboxylic acid groups (broad SMARTS) is 1. The molecule has 4 nitrogen and oxygen atoms in total. The number of hydrogen-bond donors (Lipinski definition) is 2. The molecule has 0 bridgehead atoms. The van der Waals surface area contributed by atoms with E-state index < -0.39 is 12.6 Å². The van der Waals surface area contributed by atoms with Gasteiger partial charge in [-0.25, -0.2) is 0 Å². The maximum Gasteiger partial charge on any atom is 0.387 e. The largest absolute Gasteiger partial charge is 0.481 e. The third-order valence-corrected chi connectivity index (χ3v) is 4.61. The molecule has 1 atom stereocenters. The van der Waals surface area contributed by atoms with Crippen LogP contribution in [-0.4, -0.2) is 24.2 Å². The third-order valence-electron chi connectivity index (χ3n) is 4.61. The maximum atomic E-state index is 12.6. The summed E-state index contributed by atoms with van der Waals surface area (Å²) in [5.41, 5.74) is 2.45. The zero-order valence-electron chi connectivity index (χ0n) is 14.4. The Bertz CT molecular complexity index is 597. The molecule has 2 rings (SSSR count). The second-order valence-electron chi connectivity index (χ2n) is 7.35. The van der Waals surface area contributed by atoms with Crippen LogP contribution >= 0.6 is 0 Å². The van der Waals surface area contributed by atoms with Crippen molar-refractivity contribution in [1.29, 1.82) is 0 Å². The number of carboxylic acids is 1. The van der Waals surface area contributed by atoms with Crippen LogP contribution in [0, 0.1) is 11.3 Å². The highest BCUT2D eigenvalue weighted by Gasteiger charge is 2.29. The Hall–Kier alpha value is -1.85. The van der Waals surface area contributed by atoms with Crippen LogP contribution in [-0.2, 0) is 17.6 Å². The topological polar surface area (TPSA) is 58.6 Å². The molecule has 6 heteroatoms. The van der Waals surface area contributed by atoms with Gasteiger partial charge in [-0.15, -0.1) is 0 Å². The lowest BCUT2D eigenvalue weighted by atomic mass is 9.74. The Morgan fingerprint density at radius 3 is 2.67 bits per heavy atom. The Balaban J connectivity index is 2.34. The number of ether oxygens (including phenoxy) is 1. The minimum absolute atomic E-state index is 0.0390. The number of alkyl halides is 2. The number of aliphatic carboxylic acids is 1. The van der Waals surface area contributed by atoms with E-state index in [9.17, 15) is 18.7 Å². The van der Waals surface area contributed by atoms with Crippen LogP contribution in [0.4, 0.5) is 14.5 Å². The molecule has 0 spiro atoms. The first-order chi connectivity index (χ1) is 11.2. The van der Waals surface area contributed by atoms with Crippen molar-refractivity contribution in [3.8, 4) is 5.75 Å². The van der Waals surface area contributed by atoms with E-state index in [1.165, 1.54) is 0 Å². The molecule has 0 aromatic heterocycles. The highest BCUT2D eigenvalue weighted by Crippen LogP contribution is 2.39. The van der Waals surface area contributed by atoms with Gasteiger partial charge in [0.05, 0.1) is 5.69 Å². The lowest BCUT2D eigenvalue weighted by Crippen LogP contribution is -2.26. The van der Waals surface area contributed by atoms with Crippen molar-refractivity contribution in [2.45, 2.75) is 53.1 Å². The van der Waals surface area contributed by atoms with Crippen molar-refractivity contribution in [2.24, 2.45) is 11.3 Å². The predicted molar refractivity (Wildman–Crippen MR) is 88.8 cm³/mol. The molecule has 1 unspecified atom stereocenters. The van der Waals surface area contributed by atoms with Crippen molar-refractivity contribution in [3.63, 3.8) is 0 Å². The summed E-state index contributed by atoms with van der Waals surface area (Å²) in [7, 11) is 0. The first-order valence-corrected chi connectivity index (χ1v) is 8.23. The lowest BCUT2D eigenvalue weighted by Gasteiger charge is -2.31. The number of fused-ring (bicyclic) bond motifs is 1. The molecule has 0 fully saturated rings. The van der Waals surface area contributed by atoms with Crippen molar-refractivity contribution in [3.05, 3.63) is 23.3 Å². The minimum atomic E-state index is -2.86. The molecule has 0 amide bonds. The first-order valence-electron chi connectivity index (χ1n) is 8.23. The van der Waals surface area contributed by atoms with Crippen LogP contribution in [0.5, 0.6) is 5.75 Å². The van der Waals surface area contributed by atoms with Gasteiger partial charge in [0, 0.05) is 13.0 Å². The summed E-state index contributed by atoms with van der Waals surface area (Å²) in [6.45, 7) is 3.94. The fourth-order valence-corrected chi connectivity index (χ4v) is 3.17. The van der Waals surface area contributed by atoms with E-state index in [1.54, 1.807) is 12.1 Å². The monoisotopic (exact) mass is 341 g/mol. The first kappa shape index (κ1) is 18.5. The summed E-state index contributed by atoms with van der Waals surface area (Å²) in [6.07, 6.45) is 2.38. The van der Waals surface area contributed by atoms with E-state index in [2.05, 4.69) is 10.1 Å². The molecule has 0 saturated heterocycles. The van der Waals surface area contributed by atoms with E-state index in [1.807, 2.05) is 20.8 Å². The SMILES string of the molecule is CC(C)(C)C(CC(=O)O)Cc1ccc(OC(F)F)c2c1CCCN2. The van der Waals surface area contributed by atoms with Gasteiger partial charge in [-0.3, -0.25) is 4.79 Å². The number of nitrogens with one attached hydrogen (secondary N) is 1. The zero-order chi connectivity index (χ0) is 17.9. The Morgan fingerprint density at radius 2 is 2.08 bits per heavy atom. The molecule has 2 N–H and O–H groups in total. The smallest absolute Gasteiger partial charge is 0.387 e. The van der Waals surface area contributed by atoms with E-state index in [-0.39, 0.29) is 23.5 Å². The molecule has 1 aliphatic heterocycles. The van der Waals surface area contributed by atoms with Crippen LogP contribution in [0.3, 0.4) is 0 Å². The normalized spacial score (nSPS) is 15.6. The van der Waals surface area contributed by atoms with Crippen LogP contribution < -0.4 is 10.1 Å². The molecular weight excluding hydrogens is 316 g/mol. The van der Waals surface area contributed by atoms with E-state index in [4.69, 9.17) is 0 Å². The quantitative estimate of drug-likeness (QED) is 0.809. The average Bonchev–Trinajstić information content (AvgIpc) is 2.47. The fraction of sp³-hybridized carbons (Fsp3) is 0.611. The van der Waals surface area contributed by atoms with Gasteiger partial charge in [0.1, 0.15) is 5.75 Å². The van der Waals surface area contributed by atoms with Gasteiger partial charge < -0.3 is 15.2 Å². The number of anilines is 1. The summed E-state index contributed by atoms with van der Waals surface area (Å²) in [5, 5.41) is 12.3. The molecule has 24 heavy (non-hydrogen) atoms. The van der Waals surface area contributed by atoms with Crippen molar-refractivity contribution < 1.29 is 23.4 Å². The van der Waals surface area contributed by atoms with Gasteiger partial charge in [-0.1, -0.05) is 26.8 Å². The van der Waals surface area contributed by atoms with Crippen LogP contribution in [0.2, 0.25) is 0 Å². The summed E-state index contributed by atoms with van der Waals surface area (Å²) in [5.74, 6) is -0.698. The van der Waals surface area contributed by atoms with Gasteiger partial charge in [0.15, 0.2) is 0 Å². The van der Waals surface area contributed by atoms with Gasteiger partial charge in [-0.05, 0) is 47.8 Å². The van der Waals surface area contributed by atoms with Crippen LogP contribution in [0.15, 0.2) is 12.1 Å². The summed E-state index contributed by atoms with van der Waals surface area (Å²) >= 11 is 0. The van der Waals surface area contributed by atoms with Crippen LogP contribution in [0.25, 0.3) is 0 Å². The maximum absolute atomic E-state index is 12.6. The van der Waals surface area contributed by atoms with Crippen LogP contribution in [0.1, 0.15) is 44.7 Å². The van der Waals surface area contributed by atoms with E-state index in [0.29, 0.717) is 18.7 Å². The average molecular weight is 341 g/mol. The lowest BCUT2D eigenvalue weighted by molar-refractivity contribution is -0.139. The molecule has 1 aliphatic rings. The second-order valence-corrected chi connectivity index (χ2v) is 7.35. The summed E-state index contributed by atoms with van der Waals surface area (Å²) < 4.78 is 29.8. The highest BCUT2D eigenvalue weighted by atomic mass is 19.3. The molecular formula is C18H25F2NO3. The van der Waals surface area contributed by atoms with Gasteiger partial charge in [0.2, 0.25) is 0 Å². The third kappa shape index (κ3) is 4.58. The molecule has 0 aliphatic carbocycles. The Morgan fingerprint density at radius 1 is 1.38 bits per heavy atom. The fourth-order valence-electron chi connectivity index (χ4n) is 3.17. The highest BCUT2D eigenvalue weighted by molar-refractivity contribution is 5.68. The predicted octanol–water partition coefficient (Wildman–Crippen LogP) is 4.33. The van der Waals surface area contributed by atoms with Gasteiger partial charge in [-0.2, -0.15) is 8.78 Å². The number of carbonyl (C=O) groups is 1. The molecule has 1 heterocycles. The van der Waals surface area contributed by atoms with E-state index >= 15 is 0 Å². The van der Waals surface area contributed by atoms with Gasteiger partial charge >= 0.3 is 12.6 Å². The molecule has 134 valence electrons. The van der Waals surface area contributed by atoms with E-state index in [0.717, 1.165) is 24.0 Å². The Labute approximate surface area is 141 Å². The zero-order valence-corrected chi connectivity index (χ0v) is 14.4. The number of halogens is 2. The number of hydrogen-bond acceptors (Lipinski definition) is 3. The number of rotatable bonds is 6. The summed E-state index contributed by atoms with van der Waals surface area (Å²) in [6, 6.07) is 3.35. The van der Waals surface area contributed by atoms with Crippen molar-refractivity contribution >= 4 is 11.7 Å². The van der Waals surface area contributed by atoms with Crippen molar-refractivity contribution in [2.75, 3.05) is 11.9 Å². The minimum Gasteiger partial charge on any atom is -0.481 e. The molecule has 0 radical (unpaired) electrons. The van der Waals surface area contributed by atoms with Crippen molar-refractivity contribution in [1.82, 2.24) is 0 Å². The standard InChI is InChI=1S/C18H25F2NO3/c1-18(2,3)12(10-15(22)23)9-11-6-7-14(24-17(19)20)16-13(11)5-4-8-21-16/h6-7,12,17,21H,4-5,8-10H2,1-3H3,(H,22,23). The molecule has 1 aromatic rings. The summed E-state index contributed by atoms with van der Waals surface area (Å²) in [4.78, 5) is 11.2. The Kier molecular flexibility index (Phi) is 5.67. The second kappa shape index (κ2) is 7.36. The van der Waals surface area contributed by atoms with Gasteiger partial charge in [0.25, 0.3) is 0 Å².